The fourth-order valence-corrected chi connectivity index (χ4v) is 2.97. The zero-order chi connectivity index (χ0) is 20.3. The lowest BCUT2D eigenvalue weighted by molar-refractivity contribution is -0.384. The Morgan fingerprint density at radius 3 is 2.50 bits per heavy atom. The number of non-ortho nitro benzene ring substituents is 1. The van der Waals surface area contributed by atoms with Crippen molar-refractivity contribution in [3.8, 4) is 5.75 Å². The van der Waals surface area contributed by atoms with Gasteiger partial charge in [0.05, 0.1) is 29.3 Å². The molecule has 0 aliphatic carbocycles. The van der Waals surface area contributed by atoms with E-state index in [4.69, 9.17) is 4.74 Å². The maximum atomic E-state index is 13.0. The molecule has 0 radical (unpaired) electrons. The number of urea groups is 1. The largest absolute Gasteiger partial charge is 0.495 e. The number of nitro groups is 1. The first-order valence-electron chi connectivity index (χ1n) is 8.37. The molecule has 2 aromatic rings. The van der Waals surface area contributed by atoms with Crippen molar-refractivity contribution in [2.75, 3.05) is 12.4 Å². The molecular weight excluding hydrogens is 364 g/mol. The number of ether oxygens (including phenoxy) is 1. The fourth-order valence-electron chi connectivity index (χ4n) is 2.97. The van der Waals surface area contributed by atoms with Crippen LogP contribution in [0.2, 0.25) is 0 Å². The molecule has 0 saturated heterocycles. The molecule has 3 amide bonds. The first-order chi connectivity index (χ1) is 13.4. The summed E-state index contributed by atoms with van der Waals surface area (Å²) in [7, 11) is 1.50. The molecular formula is C19H18N4O5. The summed E-state index contributed by atoms with van der Waals surface area (Å²) in [6, 6.07) is 11.4. The monoisotopic (exact) mass is 382 g/mol. The Morgan fingerprint density at radius 1 is 1.18 bits per heavy atom. The quantitative estimate of drug-likeness (QED) is 0.542. The molecule has 1 atom stereocenters. The maximum Gasteiger partial charge on any atom is 0.319 e. The Bertz CT molecular complexity index is 969. The second-order valence-corrected chi connectivity index (χ2v) is 6.07. The average molecular weight is 382 g/mol. The van der Waals surface area contributed by atoms with Crippen molar-refractivity contribution < 1.29 is 19.2 Å². The summed E-state index contributed by atoms with van der Waals surface area (Å²) in [6.45, 7) is 1.62. The summed E-state index contributed by atoms with van der Waals surface area (Å²) < 4.78 is 5.24. The number of allylic oxidation sites excluding steroid dienone is 1. The molecule has 9 heteroatoms. The van der Waals surface area contributed by atoms with Crippen molar-refractivity contribution in [2.45, 2.75) is 13.0 Å². The van der Waals surface area contributed by atoms with Gasteiger partial charge in [0.15, 0.2) is 0 Å². The minimum atomic E-state index is -0.760. The summed E-state index contributed by atoms with van der Waals surface area (Å²) >= 11 is 0. The molecule has 0 saturated carbocycles. The number of anilines is 1. The normalized spacial score (nSPS) is 16.1. The number of hydrogen-bond donors (Lipinski definition) is 3. The lowest BCUT2D eigenvalue weighted by Gasteiger charge is -2.28. The Morgan fingerprint density at radius 2 is 1.86 bits per heavy atom. The standard InChI is InChI=1S/C19H18N4O5/c1-11-16(18(24)21-14-5-3-4-6-15(14)28-2)17(22-19(25)20-11)12-7-9-13(10-8-12)23(26)27/h3-10,17H,1-2H3,(H,21,24)(H2,20,22,25)/t17-/m0/s1. The lowest BCUT2D eigenvalue weighted by atomic mass is 9.94. The number of nitrogens with zero attached hydrogens (tertiary/aromatic N) is 1. The number of nitrogens with one attached hydrogen (secondary N) is 3. The van der Waals surface area contributed by atoms with Crippen LogP contribution < -0.4 is 20.7 Å². The van der Waals surface area contributed by atoms with Gasteiger partial charge in [-0.05, 0) is 36.8 Å². The van der Waals surface area contributed by atoms with E-state index in [1.54, 1.807) is 31.2 Å². The van der Waals surface area contributed by atoms with E-state index in [9.17, 15) is 19.7 Å². The second kappa shape index (κ2) is 7.78. The van der Waals surface area contributed by atoms with Crippen molar-refractivity contribution in [2.24, 2.45) is 0 Å². The van der Waals surface area contributed by atoms with Crippen LogP contribution in [0.1, 0.15) is 18.5 Å². The summed E-state index contributed by atoms with van der Waals surface area (Å²) in [5, 5.41) is 18.9. The van der Waals surface area contributed by atoms with Crippen molar-refractivity contribution in [3.05, 3.63) is 75.5 Å². The van der Waals surface area contributed by atoms with Crippen molar-refractivity contribution in [1.29, 1.82) is 0 Å². The molecule has 1 aliphatic heterocycles. The number of hydrogen-bond acceptors (Lipinski definition) is 5. The number of rotatable bonds is 5. The highest BCUT2D eigenvalue weighted by molar-refractivity contribution is 6.07. The highest BCUT2D eigenvalue weighted by Crippen LogP contribution is 2.30. The maximum absolute atomic E-state index is 13.0. The molecule has 2 aromatic carbocycles. The predicted molar refractivity (Wildman–Crippen MR) is 102 cm³/mol. The zero-order valence-corrected chi connectivity index (χ0v) is 15.2. The van der Waals surface area contributed by atoms with Crippen LogP contribution in [0.5, 0.6) is 5.75 Å². The molecule has 0 bridgehead atoms. The van der Waals surface area contributed by atoms with Crippen LogP contribution in [0.25, 0.3) is 0 Å². The SMILES string of the molecule is COc1ccccc1NC(=O)C1=C(C)NC(=O)N[C@H]1c1ccc([N+](=O)[O-])cc1. The van der Waals surface area contributed by atoms with Crippen LogP contribution in [0, 0.1) is 10.1 Å². The van der Waals surface area contributed by atoms with Crippen LogP contribution in [0.4, 0.5) is 16.2 Å². The van der Waals surface area contributed by atoms with Gasteiger partial charge in [0.1, 0.15) is 5.75 Å². The van der Waals surface area contributed by atoms with Gasteiger partial charge in [0.25, 0.3) is 11.6 Å². The van der Waals surface area contributed by atoms with Gasteiger partial charge in [-0.2, -0.15) is 0 Å². The van der Waals surface area contributed by atoms with Crippen molar-refractivity contribution in [3.63, 3.8) is 0 Å². The molecule has 28 heavy (non-hydrogen) atoms. The third kappa shape index (κ3) is 3.78. The Hall–Kier alpha value is -3.88. The number of carbonyl (C=O) groups is 2. The number of amides is 3. The van der Waals surface area contributed by atoms with Gasteiger partial charge in [0, 0.05) is 17.8 Å². The average Bonchev–Trinajstić information content (AvgIpc) is 2.67. The van der Waals surface area contributed by atoms with Crippen LogP contribution in [-0.4, -0.2) is 24.0 Å². The van der Waals surface area contributed by atoms with Gasteiger partial charge in [-0.3, -0.25) is 14.9 Å². The van der Waals surface area contributed by atoms with Crippen LogP contribution in [-0.2, 0) is 4.79 Å². The highest BCUT2D eigenvalue weighted by Gasteiger charge is 2.31. The number of para-hydroxylation sites is 2. The summed E-state index contributed by atoms with van der Waals surface area (Å²) in [4.78, 5) is 35.3. The Labute approximate surface area is 160 Å². The van der Waals surface area contributed by atoms with E-state index in [-0.39, 0.29) is 5.69 Å². The van der Waals surface area contributed by atoms with Crippen LogP contribution in [0.15, 0.2) is 59.8 Å². The van der Waals surface area contributed by atoms with E-state index in [1.165, 1.54) is 31.4 Å². The van der Waals surface area contributed by atoms with Gasteiger partial charge in [-0.15, -0.1) is 0 Å². The van der Waals surface area contributed by atoms with Crippen molar-refractivity contribution in [1.82, 2.24) is 10.6 Å². The minimum Gasteiger partial charge on any atom is -0.495 e. The van der Waals surface area contributed by atoms with E-state index in [1.807, 2.05) is 0 Å². The molecule has 3 N–H and O–H groups in total. The highest BCUT2D eigenvalue weighted by atomic mass is 16.6. The molecule has 3 rings (SSSR count). The molecule has 144 valence electrons. The fraction of sp³-hybridized carbons (Fsp3) is 0.158. The Kier molecular flexibility index (Phi) is 5.25. The lowest BCUT2D eigenvalue weighted by Crippen LogP contribution is -2.45. The van der Waals surface area contributed by atoms with Gasteiger partial charge in [-0.1, -0.05) is 12.1 Å². The van der Waals surface area contributed by atoms with E-state index < -0.39 is 22.9 Å². The second-order valence-electron chi connectivity index (χ2n) is 6.07. The van der Waals surface area contributed by atoms with Gasteiger partial charge in [-0.25, -0.2) is 4.79 Å². The molecule has 1 aliphatic rings. The van der Waals surface area contributed by atoms with Gasteiger partial charge in [0.2, 0.25) is 0 Å². The topological polar surface area (TPSA) is 123 Å². The van der Waals surface area contributed by atoms with E-state index in [2.05, 4.69) is 16.0 Å². The van der Waals surface area contributed by atoms with E-state index >= 15 is 0 Å². The van der Waals surface area contributed by atoms with Crippen LogP contribution >= 0.6 is 0 Å². The molecule has 0 fully saturated rings. The van der Waals surface area contributed by atoms with E-state index in [0.29, 0.717) is 28.3 Å². The third-order valence-corrected chi connectivity index (χ3v) is 4.31. The van der Waals surface area contributed by atoms with Gasteiger partial charge >= 0.3 is 6.03 Å². The Balaban J connectivity index is 1.95. The van der Waals surface area contributed by atoms with E-state index in [0.717, 1.165) is 0 Å². The van der Waals surface area contributed by atoms with Crippen LogP contribution in [0.3, 0.4) is 0 Å². The summed E-state index contributed by atoms with van der Waals surface area (Å²) in [5.41, 5.74) is 1.63. The predicted octanol–water partition coefficient (Wildman–Crippen LogP) is 2.87. The number of benzene rings is 2. The number of nitro benzene ring substituents is 1. The summed E-state index contributed by atoms with van der Waals surface area (Å²) in [6.07, 6.45) is 0. The number of methoxy groups -OCH3 is 1. The summed E-state index contributed by atoms with van der Waals surface area (Å²) in [5.74, 6) is 0.0617. The molecule has 1 heterocycles. The third-order valence-electron chi connectivity index (χ3n) is 4.31. The number of carbonyl (C=O) groups excluding carboxylic acids is 2. The molecule has 0 unspecified atom stereocenters. The minimum absolute atomic E-state index is 0.0789. The first kappa shape index (κ1) is 18.9. The smallest absolute Gasteiger partial charge is 0.319 e. The first-order valence-corrected chi connectivity index (χ1v) is 8.37. The van der Waals surface area contributed by atoms with Gasteiger partial charge < -0.3 is 20.7 Å². The zero-order valence-electron chi connectivity index (χ0n) is 15.2. The molecule has 9 nitrogen and oxygen atoms in total. The van der Waals surface area contributed by atoms with Crippen molar-refractivity contribution >= 4 is 23.3 Å². The molecule has 0 spiro atoms. The molecule has 0 aromatic heterocycles.